The van der Waals surface area contributed by atoms with Crippen molar-refractivity contribution in [2.24, 2.45) is 5.92 Å². The minimum absolute atomic E-state index is 0.0288. The van der Waals surface area contributed by atoms with Crippen molar-refractivity contribution in [1.82, 2.24) is 10.2 Å². The van der Waals surface area contributed by atoms with Crippen molar-refractivity contribution < 1.29 is 9.53 Å². The molecule has 1 atom stereocenters. The van der Waals surface area contributed by atoms with E-state index in [-0.39, 0.29) is 11.8 Å². The standard InChI is InChI=1S/C25H25ClN2O2/c26-22-11-9-19(10-12-22)16-27-25(29)21-13-14-28(18-21)17-20-5-4-8-24(15-20)30-23-6-2-1-3-7-23/h1-12,15,21H,13-14,16-18H2,(H,27,29). The van der Waals surface area contributed by atoms with Crippen LogP contribution in [0.2, 0.25) is 5.02 Å². The van der Waals surface area contributed by atoms with Gasteiger partial charge in [0.1, 0.15) is 11.5 Å². The SMILES string of the molecule is O=C(NCc1ccc(Cl)cc1)C1CCN(Cc2cccc(Oc3ccccc3)c2)C1. The Morgan fingerprint density at radius 1 is 0.967 bits per heavy atom. The van der Waals surface area contributed by atoms with E-state index >= 15 is 0 Å². The van der Waals surface area contributed by atoms with Crippen LogP contribution in [0.3, 0.4) is 0 Å². The van der Waals surface area contributed by atoms with Crippen molar-refractivity contribution in [3.05, 3.63) is 95.0 Å². The third kappa shape index (κ3) is 5.62. The van der Waals surface area contributed by atoms with Crippen molar-refractivity contribution in [3.63, 3.8) is 0 Å². The summed E-state index contributed by atoms with van der Waals surface area (Å²) in [6.45, 7) is 3.04. The molecule has 1 aliphatic rings. The van der Waals surface area contributed by atoms with E-state index in [1.54, 1.807) is 0 Å². The molecule has 1 aliphatic heterocycles. The van der Waals surface area contributed by atoms with Crippen LogP contribution in [0.25, 0.3) is 0 Å². The van der Waals surface area contributed by atoms with Gasteiger partial charge >= 0.3 is 0 Å². The van der Waals surface area contributed by atoms with Crippen LogP contribution in [-0.4, -0.2) is 23.9 Å². The van der Waals surface area contributed by atoms with Crippen LogP contribution in [0.1, 0.15) is 17.5 Å². The fourth-order valence-corrected chi connectivity index (χ4v) is 3.84. The number of amides is 1. The number of rotatable bonds is 7. The number of halogens is 1. The Hall–Kier alpha value is -2.82. The highest BCUT2D eigenvalue weighted by atomic mass is 35.5. The number of para-hydroxylation sites is 1. The van der Waals surface area contributed by atoms with Crippen LogP contribution >= 0.6 is 11.6 Å². The summed E-state index contributed by atoms with van der Waals surface area (Å²) in [6.07, 6.45) is 0.882. The van der Waals surface area contributed by atoms with Gasteiger partial charge in [0, 0.05) is 24.7 Å². The molecule has 1 N–H and O–H groups in total. The minimum atomic E-state index is 0.0288. The lowest BCUT2D eigenvalue weighted by Crippen LogP contribution is -2.32. The Morgan fingerprint density at radius 3 is 2.53 bits per heavy atom. The average Bonchev–Trinajstić information content (AvgIpc) is 3.23. The van der Waals surface area contributed by atoms with Gasteiger partial charge in [0.15, 0.2) is 0 Å². The molecular weight excluding hydrogens is 396 g/mol. The van der Waals surface area contributed by atoms with Crippen molar-refractivity contribution in [3.8, 4) is 11.5 Å². The Labute approximate surface area is 182 Å². The zero-order valence-electron chi connectivity index (χ0n) is 16.8. The summed E-state index contributed by atoms with van der Waals surface area (Å²) in [5, 5.41) is 3.76. The molecule has 4 nitrogen and oxygen atoms in total. The van der Waals surface area contributed by atoms with Gasteiger partial charge in [-0.05, 0) is 60.5 Å². The van der Waals surface area contributed by atoms with E-state index in [0.29, 0.717) is 11.6 Å². The van der Waals surface area contributed by atoms with E-state index in [1.165, 1.54) is 5.56 Å². The molecule has 4 rings (SSSR count). The zero-order valence-corrected chi connectivity index (χ0v) is 17.5. The lowest BCUT2D eigenvalue weighted by atomic mass is 10.1. The molecule has 1 heterocycles. The number of hydrogen-bond donors (Lipinski definition) is 1. The summed E-state index contributed by atoms with van der Waals surface area (Å²) >= 11 is 5.91. The van der Waals surface area contributed by atoms with Gasteiger partial charge in [-0.15, -0.1) is 0 Å². The largest absolute Gasteiger partial charge is 0.457 e. The molecule has 0 saturated carbocycles. The third-order valence-corrected chi connectivity index (χ3v) is 5.56. The normalized spacial score (nSPS) is 16.4. The molecule has 3 aromatic carbocycles. The van der Waals surface area contributed by atoms with Gasteiger partial charge < -0.3 is 10.1 Å². The molecule has 1 fully saturated rings. The lowest BCUT2D eigenvalue weighted by molar-refractivity contribution is -0.124. The Kier molecular flexibility index (Phi) is 6.67. The van der Waals surface area contributed by atoms with E-state index in [4.69, 9.17) is 16.3 Å². The molecule has 5 heteroatoms. The maximum absolute atomic E-state index is 12.6. The molecule has 0 aromatic heterocycles. The highest BCUT2D eigenvalue weighted by molar-refractivity contribution is 6.30. The molecule has 0 bridgehead atoms. The summed E-state index contributed by atoms with van der Waals surface area (Å²) in [4.78, 5) is 14.9. The molecule has 1 saturated heterocycles. The number of carbonyl (C=O) groups excluding carboxylic acids is 1. The Balaban J connectivity index is 1.28. The van der Waals surface area contributed by atoms with E-state index < -0.39 is 0 Å². The number of benzene rings is 3. The minimum Gasteiger partial charge on any atom is -0.457 e. The summed E-state index contributed by atoms with van der Waals surface area (Å²) in [5.74, 6) is 1.80. The Bertz CT molecular complexity index is 976. The van der Waals surface area contributed by atoms with Crippen LogP contribution in [0.4, 0.5) is 0 Å². The second-order valence-corrected chi connectivity index (χ2v) is 8.06. The maximum Gasteiger partial charge on any atom is 0.224 e. The molecule has 1 amide bonds. The fourth-order valence-electron chi connectivity index (χ4n) is 3.72. The maximum atomic E-state index is 12.6. The van der Waals surface area contributed by atoms with Gasteiger partial charge in [0.05, 0.1) is 5.92 Å². The molecule has 0 aliphatic carbocycles. The topological polar surface area (TPSA) is 41.6 Å². The van der Waals surface area contributed by atoms with E-state index in [2.05, 4.69) is 22.3 Å². The second-order valence-electron chi connectivity index (χ2n) is 7.63. The van der Waals surface area contributed by atoms with Gasteiger partial charge in [0.2, 0.25) is 5.91 Å². The van der Waals surface area contributed by atoms with Gasteiger partial charge in [-0.1, -0.05) is 54.1 Å². The molecular formula is C25H25ClN2O2. The third-order valence-electron chi connectivity index (χ3n) is 5.31. The monoisotopic (exact) mass is 420 g/mol. The number of carbonyl (C=O) groups is 1. The quantitative estimate of drug-likeness (QED) is 0.566. The predicted octanol–water partition coefficient (Wildman–Crippen LogP) is 5.27. The molecule has 3 aromatic rings. The first kappa shape index (κ1) is 20.5. The second kappa shape index (κ2) is 9.79. The molecule has 30 heavy (non-hydrogen) atoms. The number of likely N-dealkylation sites (tertiary alicyclic amines) is 1. The lowest BCUT2D eigenvalue weighted by Gasteiger charge is -2.17. The van der Waals surface area contributed by atoms with Gasteiger partial charge in [-0.25, -0.2) is 0 Å². The zero-order chi connectivity index (χ0) is 20.8. The van der Waals surface area contributed by atoms with Crippen LogP contribution in [0.5, 0.6) is 11.5 Å². The van der Waals surface area contributed by atoms with E-state index in [9.17, 15) is 4.79 Å². The first-order chi connectivity index (χ1) is 14.7. The van der Waals surface area contributed by atoms with Crippen LogP contribution < -0.4 is 10.1 Å². The van der Waals surface area contributed by atoms with Crippen molar-refractivity contribution in [2.75, 3.05) is 13.1 Å². The smallest absolute Gasteiger partial charge is 0.224 e. The number of nitrogens with one attached hydrogen (secondary N) is 1. The summed E-state index contributed by atoms with van der Waals surface area (Å²) in [6, 6.07) is 25.5. The predicted molar refractivity (Wildman–Crippen MR) is 120 cm³/mol. The van der Waals surface area contributed by atoms with Crippen molar-refractivity contribution in [1.29, 1.82) is 0 Å². The highest BCUT2D eigenvalue weighted by Gasteiger charge is 2.28. The summed E-state index contributed by atoms with van der Waals surface area (Å²) in [5.41, 5.74) is 2.24. The molecule has 1 unspecified atom stereocenters. The number of hydrogen-bond acceptors (Lipinski definition) is 3. The summed E-state index contributed by atoms with van der Waals surface area (Å²) < 4.78 is 5.93. The number of ether oxygens (including phenoxy) is 1. The molecule has 154 valence electrons. The summed E-state index contributed by atoms with van der Waals surface area (Å²) in [7, 11) is 0. The van der Waals surface area contributed by atoms with Crippen molar-refractivity contribution in [2.45, 2.75) is 19.5 Å². The van der Waals surface area contributed by atoms with Crippen LogP contribution in [0.15, 0.2) is 78.9 Å². The van der Waals surface area contributed by atoms with Crippen molar-refractivity contribution >= 4 is 17.5 Å². The molecule has 0 radical (unpaired) electrons. The first-order valence-electron chi connectivity index (χ1n) is 10.2. The van der Waals surface area contributed by atoms with Gasteiger partial charge in [-0.2, -0.15) is 0 Å². The van der Waals surface area contributed by atoms with E-state index in [1.807, 2.05) is 66.7 Å². The first-order valence-corrected chi connectivity index (χ1v) is 10.6. The van der Waals surface area contributed by atoms with Crippen LogP contribution in [0, 0.1) is 5.92 Å². The van der Waals surface area contributed by atoms with Crippen LogP contribution in [-0.2, 0) is 17.9 Å². The average molecular weight is 421 g/mol. The molecule has 0 spiro atoms. The van der Waals surface area contributed by atoms with Gasteiger partial charge in [-0.3, -0.25) is 9.69 Å². The van der Waals surface area contributed by atoms with E-state index in [0.717, 1.165) is 43.1 Å². The number of nitrogens with zero attached hydrogens (tertiary/aromatic N) is 1. The Morgan fingerprint density at radius 2 is 1.73 bits per heavy atom. The fraction of sp³-hybridized carbons (Fsp3) is 0.240. The highest BCUT2D eigenvalue weighted by Crippen LogP contribution is 2.24. The van der Waals surface area contributed by atoms with Gasteiger partial charge in [0.25, 0.3) is 0 Å².